The zero-order valence-electron chi connectivity index (χ0n) is 12.6. The second-order valence-electron chi connectivity index (χ2n) is 5.20. The van der Waals surface area contributed by atoms with Crippen molar-refractivity contribution in [2.45, 2.75) is 26.7 Å². The molecule has 2 heterocycles. The molecule has 2 aromatic rings. The summed E-state index contributed by atoms with van der Waals surface area (Å²) in [7, 11) is 0. The first kappa shape index (κ1) is 16.2. The molecule has 116 valence electrons. The summed E-state index contributed by atoms with van der Waals surface area (Å²) in [6.45, 7) is 4.77. The summed E-state index contributed by atoms with van der Waals surface area (Å²) in [4.78, 5) is 12.5. The number of carbonyl (C=O) groups excluding carboxylic acids is 1. The van der Waals surface area contributed by atoms with Crippen molar-refractivity contribution in [2.24, 2.45) is 0 Å². The Morgan fingerprint density at radius 2 is 2.14 bits per heavy atom. The molecule has 0 aliphatic carbocycles. The smallest absolute Gasteiger partial charge is 0.257 e. The van der Waals surface area contributed by atoms with Crippen LogP contribution in [0.4, 0.5) is 11.4 Å². The Balaban J connectivity index is 0.00000176. The minimum absolute atomic E-state index is 0. The van der Waals surface area contributed by atoms with Crippen molar-refractivity contribution in [1.82, 2.24) is 10.2 Å². The maximum Gasteiger partial charge on any atom is 0.257 e. The summed E-state index contributed by atoms with van der Waals surface area (Å²) in [5.74, 6) is -0.129. The third-order valence-corrected chi connectivity index (χ3v) is 3.64. The van der Waals surface area contributed by atoms with Crippen molar-refractivity contribution in [3.63, 3.8) is 0 Å². The van der Waals surface area contributed by atoms with Crippen LogP contribution >= 0.6 is 12.4 Å². The summed E-state index contributed by atoms with van der Waals surface area (Å²) < 4.78 is 0. The van der Waals surface area contributed by atoms with Gasteiger partial charge in [0.25, 0.3) is 5.91 Å². The molecule has 1 aliphatic rings. The Hall–Kier alpha value is -2.14. The minimum Gasteiger partial charge on any atom is -0.384 e. The number of hydrogen-bond donors (Lipinski definition) is 2. The molecule has 0 unspecified atom stereocenters. The third kappa shape index (κ3) is 3.20. The zero-order chi connectivity index (χ0) is 14.8. The van der Waals surface area contributed by atoms with Gasteiger partial charge in [-0.05, 0) is 49.6 Å². The van der Waals surface area contributed by atoms with Crippen LogP contribution in [0.1, 0.15) is 34.2 Å². The van der Waals surface area contributed by atoms with Gasteiger partial charge in [-0.1, -0.05) is 6.92 Å². The summed E-state index contributed by atoms with van der Waals surface area (Å²) in [5, 5.41) is 14.4. The first-order valence-corrected chi connectivity index (χ1v) is 7.18. The van der Waals surface area contributed by atoms with E-state index >= 15 is 0 Å². The van der Waals surface area contributed by atoms with Gasteiger partial charge >= 0.3 is 0 Å². The Morgan fingerprint density at radius 1 is 1.32 bits per heavy atom. The zero-order valence-corrected chi connectivity index (χ0v) is 13.5. The summed E-state index contributed by atoms with van der Waals surface area (Å²) in [6, 6.07) is 7.74. The van der Waals surface area contributed by atoms with Crippen LogP contribution < -0.4 is 10.6 Å². The number of hydrogen-bond acceptors (Lipinski definition) is 4. The fourth-order valence-corrected chi connectivity index (χ4v) is 2.55. The molecule has 1 aromatic heterocycles. The van der Waals surface area contributed by atoms with Gasteiger partial charge in [-0.3, -0.25) is 4.79 Å². The van der Waals surface area contributed by atoms with Gasteiger partial charge in [0.2, 0.25) is 0 Å². The molecule has 3 rings (SSSR count). The van der Waals surface area contributed by atoms with Gasteiger partial charge in [0.15, 0.2) is 0 Å². The standard InChI is InChI=1S/C16H18N4O.ClH/c1-3-14-13(8-10(2)19-20-14)16(21)18-12-4-5-15-11(9-12)6-7-17-15;/h4-5,8-9,17H,3,6-7H2,1-2H3,(H,18,21);1H. The number of aromatic nitrogens is 2. The monoisotopic (exact) mass is 318 g/mol. The Labute approximate surface area is 135 Å². The minimum atomic E-state index is -0.129. The molecule has 0 atom stereocenters. The number of anilines is 2. The number of benzene rings is 1. The van der Waals surface area contributed by atoms with E-state index in [1.54, 1.807) is 6.07 Å². The van der Waals surface area contributed by atoms with E-state index in [0.717, 1.165) is 35.7 Å². The van der Waals surface area contributed by atoms with E-state index in [0.29, 0.717) is 12.0 Å². The summed E-state index contributed by atoms with van der Waals surface area (Å²) >= 11 is 0. The highest BCUT2D eigenvalue weighted by Crippen LogP contribution is 2.25. The number of rotatable bonds is 3. The number of amides is 1. The van der Waals surface area contributed by atoms with Crippen LogP contribution in [0.5, 0.6) is 0 Å². The van der Waals surface area contributed by atoms with Crippen molar-refractivity contribution in [2.75, 3.05) is 17.2 Å². The molecule has 1 aliphatic heterocycles. The molecule has 1 aromatic carbocycles. The van der Waals surface area contributed by atoms with Crippen LogP contribution in [-0.2, 0) is 12.8 Å². The van der Waals surface area contributed by atoms with E-state index in [1.807, 2.05) is 32.0 Å². The van der Waals surface area contributed by atoms with E-state index in [4.69, 9.17) is 0 Å². The molecular weight excluding hydrogens is 300 g/mol. The first-order valence-electron chi connectivity index (χ1n) is 7.18. The van der Waals surface area contributed by atoms with Gasteiger partial charge in [-0.2, -0.15) is 10.2 Å². The normalized spacial score (nSPS) is 12.1. The van der Waals surface area contributed by atoms with Crippen LogP contribution in [0, 0.1) is 6.92 Å². The molecule has 0 fully saturated rings. The van der Waals surface area contributed by atoms with Crippen molar-refractivity contribution >= 4 is 29.7 Å². The fourth-order valence-electron chi connectivity index (χ4n) is 2.55. The molecule has 0 spiro atoms. The van der Waals surface area contributed by atoms with E-state index in [-0.39, 0.29) is 18.3 Å². The largest absolute Gasteiger partial charge is 0.384 e. The lowest BCUT2D eigenvalue weighted by molar-refractivity contribution is 0.102. The van der Waals surface area contributed by atoms with E-state index in [1.165, 1.54) is 5.56 Å². The SMILES string of the molecule is CCc1nnc(C)cc1C(=O)Nc1ccc2c(c1)CCN2.Cl. The number of halogens is 1. The highest BCUT2D eigenvalue weighted by Gasteiger charge is 2.15. The molecule has 1 amide bonds. The second kappa shape index (κ2) is 6.75. The predicted octanol–water partition coefficient (Wildman–Crippen LogP) is 2.99. The average Bonchev–Trinajstić information content (AvgIpc) is 2.94. The maximum absolute atomic E-state index is 12.5. The summed E-state index contributed by atoms with van der Waals surface area (Å²) in [6.07, 6.45) is 1.68. The Morgan fingerprint density at radius 3 is 2.91 bits per heavy atom. The lowest BCUT2D eigenvalue weighted by Crippen LogP contribution is -2.16. The van der Waals surface area contributed by atoms with Crippen molar-refractivity contribution < 1.29 is 4.79 Å². The molecule has 6 heteroatoms. The maximum atomic E-state index is 12.5. The van der Waals surface area contributed by atoms with E-state index in [2.05, 4.69) is 20.8 Å². The number of nitrogens with zero attached hydrogens (tertiary/aromatic N) is 2. The van der Waals surface area contributed by atoms with Gasteiger partial charge < -0.3 is 10.6 Å². The lowest BCUT2D eigenvalue weighted by atomic mass is 10.1. The van der Waals surface area contributed by atoms with Crippen LogP contribution in [0.2, 0.25) is 0 Å². The molecule has 0 radical (unpaired) electrons. The number of nitrogens with one attached hydrogen (secondary N) is 2. The summed E-state index contributed by atoms with van der Waals surface area (Å²) in [5.41, 5.74) is 5.29. The predicted molar refractivity (Wildman–Crippen MR) is 90.0 cm³/mol. The third-order valence-electron chi connectivity index (χ3n) is 3.64. The van der Waals surface area contributed by atoms with E-state index in [9.17, 15) is 4.79 Å². The van der Waals surface area contributed by atoms with Crippen LogP contribution in [0.25, 0.3) is 0 Å². The van der Waals surface area contributed by atoms with Gasteiger partial charge in [0, 0.05) is 17.9 Å². The van der Waals surface area contributed by atoms with Crippen molar-refractivity contribution in [3.8, 4) is 0 Å². The fraction of sp³-hybridized carbons (Fsp3) is 0.312. The van der Waals surface area contributed by atoms with Gasteiger partial charge in [-0.15, -0.1) is 12.4 Å². The molecule has 22 heavy (non-hydrogen) atoms. The van der Waals surface area contributed by atoms with E-state index < -0.39 is 0 Å². The van der Waals surface area contributed by atoms with Crippen LogP contribution in [-0.4, -0.2) is 22.6 Å². The molecule has 2 N–H and O–H groups in total. The highest BCUT2D eigenvalue weighted by atomic mass is 35.5. The molecular formula is C16H19ClN4O. The first-order chi connectivity index (χ1) is 10.2. The molecule has 0 bridgehead atoms. The quantitative estimate of drug-likeness (QED) is 0.913. The molecule has 5 nitrogen and oxygen atoms in total. The topological polar surface area (TPSA) is 66.9 Å². The number of aryl methyl sites for hydroxylation is 2. The van der Waals surface area contributed by atoms with Gasteiger partial charge in [0.1, 0.15) is 0 Å². The van der Waals surface area contributed by atoms with Crippen LogP contribution in [0.15, 0.2) is 24.3 Å². The molecule has 0 saturated carbocycles. The Bertz CT molecular complexity index is 703. The number of carbonyl (C=O) groups is 1. The second-order valence-corrected chi connectivity index (χ2v) is 5.20. The van der Waals surface area contributed by atoms with Crippen molar-refractivity contribution in [3.05, 3.63) is 46.8 Å². The average molecular weight is 319 g/mol. The van der Waals surface area contributed by atoms with Gasteiger partial charge in [0.05, 0.1) is 17.0 Å². The molecule has 0 saturated heterocycles. The number of fused-ring (bicyclic) bond motifs is 1. The van der Waals surface area contributed by atoms with Crippen molar-refractivity contribution in [1.29, 1.82) is 0 Å². The highest BCUT2D eigenvalue weighted by molar-refractivity contribution is 6.05. The van der Waals surface area contributed by atoms with Gasteiger partial charge in [-0.25, -0.2) is 0 Å². The lowest BCUT2D eigenvalue weighted by Gasteiger charge is -2.10. The van der Waals surface area contributed by atoms with Crippen LogP contribution in [0.3, 0.4) is 0 Å². The Kier molecular flexibility index (Phi) is 4.98.